The highest BCUT2D eigenvalue weighted by Crippen LogP contribution is 2.50. The van der Waals surface area contributed by atoms with E-state index in [1.807, 2.05) is 0 Å². The summed E-state index contributed by atoms with van der Waals surface area (Å²) in [7, 11) is 1.42. The van der Waals surface area contributed by atoms with Crippen molar-refractivity contribution in [2.24, 2.45) is 0 Å². The smallest absolute Gasteiger partial charge is 0.432 e. The van der Waals surface area contributed by atoms with Crippen molar-refractivity contribution in [2.75, 3.05) is 17.7 Å². The van der Waals surface area contributed by atoms with Crippen LogP contribution in [0.5, 0.6) is 5.88 Å². The van der Waals surface area contributed by atoms with E-state index in [2.05, 4.69) is 15.6 Å². The number of benzene rings is 1. The minimum absolute atomic E-state index is 0.0332. The number of hydrogen-bond acceptors (Lipinski definition) is 5. The molecule has 2 aromatic rings. The van der Waals surface area contributed by atoms with Gasteiger partial charge < -0.3 is 14.8 Å². The average Bonchev–Trinajstić information content (AvgIpc) is 2.66. The minimum Gasteiger partial charge on any atom is -0.481 e. The molecule has 0 saturated carbocycles. The van der Waals surface area contributed by atoms with E-state index >= 15 is 0 Å². The van der Waals surface area contributed by atoms with Crippen molar-refractivity contribution in [1.29, 1.82) is 0 Å². The Morgan fingerprint density at radius 3 is 2.72 bits per heavy atom. The number of aromatic nitrogens is 1. The summed E-state index contributed by atoms with van der Waals surface area (Å²) < 4.78 is 51.7. The van der Waals surface area contributed by atoms with Crippen molar-refractivity contribution in [3.63, 3.8) is 0 Å². The molecule has 7 nitrogen and oxygen atoms in total. The number of carbonyl (C=O) groups excluding carboxylic acids is 2. The van der Waals surface area contributed by atoms with Crippen LogP contribution in [0.4, 0.5) is 29.3 Å². The minimum atomic E-state index is -4.98. The summed E-state index contributed by atoms with van der Waals surface area (Å²) in [4.78, 5) is 27.9. The Balaban J connectivity index is 1.84. The zero-order chi connectivity index (χ0) is 21.2. The maximum atomic E-state index is 14.0. The number of amides is 2. The summed E-state index contributed by atoms with van der Waals surface area (Å²) >= 11 is 5.85. The van der Waals surface area contributed by atoms with E-state index in [1.54, 1.807) is 0 Å². The number of halogens is 4. The van der Waals surface area contributed by atoms with Gasteiger partial charge in [-0.05, 0) is 24.3 Å². The van der Waals surface area contributed by atoms with E-state index < -0.39 is 36.6 Å². The van der Waals surface area contributed by atoms with E-state index in [1.165, 1.54) is 37.6 Å². The molecule has 0 spiro atoms. The molecule has 1 aliphatic heterocycles. The second kappa shape index (κ2) is 7.78. The number of anilines is 2. The first kappa shape index (κ1) is 20.7. The van der Waals surface area contributed by atoms with Crippen LogP contribution in [0.15, 0.2) is 36.5 Å². The lowest BCUT2D eigenvalue weighted by Crippen LogP contribution is -2.50. The quantitative estimate of drug-likeness (QED) is 0.731. The molecule has 0 saturated heterocycles. The maximum absolute atomic E-state index is 14.0. The largest absolute Gasteiger partial charge is 0.481 e. The van der Waals surface area contributed by atoms with Gasteiger partial charge in [-0.1, -0.05) is 11.6 Å². The van der Waals surface area contributed by atoms with Gasteiger partial charge in [0.05, 0.1) is 24.7 Å². The fourth-order valence-electron chi connectivity index (χ4n) is 2.93. The normalized spacial score (nSPS) is 18.3. The Morgan fingerprint density at radius 1 is 1.34 bits per heavy atom. The average molecular weight is 430 g/mol. The first-order valence-corrected chi connectivity index (χ1v) is 8.69. The van der Waals surface area contributed by atoms with Crippen molar-refractivity contribution in [1.82, 2.24) is 4.98 Å². The van der Waals surface area contributed by atoms with Gasteiger partial charge in [0.2, 0.25) is 17.4 Å². The third-order valence-electron chi connectivity index (χ3n) is 4.31. The van der Waals surface area contributed by atoms with Crippen LogP contribution >= 0.6 is 11.6 Å². The number of hydrogen-bond donors (Lipinski definition) is 2. The van der Waals surface area contributed by atoms with Crippen LogP contribution in [0.25, 0.3) is 0 Å². The van der Waals surface area contributed by atoms with Gasteiger partial charge >= 0.3 is 12.3 Å². The van der Waals surface area contributed by atoms with E-state index in [0.29, 0.717) is 5.88 Å². The Morgan fingerprint density at radius 2 is 2.10 bits per heavy atom. The highest BCUT2D eigenvalue weighted by molar-refractivity contribution is 6.30. The molecule has 2 N–H and O–H groups in total. The van der Waals surface area contributed by atoms with Crippen LogP contribution in [-0.4, -0.2) is 30.3 Å². The molecule has 1 aliphatic rings. The van der Waals surface area contributed by atoms with Gasteiger partial charge in [-0.3, -0.25) is 10.1 Å². The molecule has 0 fully saturated rings. The molecule has 154 valence electrons. The van der Waals surface area contributed by atoms with Gasteiger partial charge in [0.1, 0.15) is 0 Å². The lowest BCUT2D eigenvalue weighted by molar-refractivity contribution is -0.267. The van der Waals surface area contributed by atoms with Crippen molar-refractivity contribution >= 4 is 35.0 Å². The molecule has 3 rings (SSSR count). The fraction of sp³-hybridized carbons (Fsp3) is 0.278. The van der Waals surface area contributed by atoms with E-state index in [9.17, 15) is 22.8 Å². The molecule has 0 bridgehead atoms. The van der Waals surface area contributed by atoms with Crippen LogP contribution < -0.4 is 15.4 Å². The number of nitrogens with one attached hydrogen (secondary N) is 2. The molecule has 0 radical (unpaired) electrons. The number of ether oxygens (including phenoxy) is 2. The summed E-state index contributed by atoms with van der Waals surface area (Å²) in [5.41, 5.74) is -3.17. The zero-order valence-corrected chi connectivity index (χ0v) is 15.7. The summed E-state index contributed by atoms with van der Waals surface area (Å²) in [6.45, 7) is 0. The molecule has 1 atom stereocenters. The van der Waals surface area contributed by atoms with Crippen LogP contribution in [0.2, 0.25) is 5.02 Å². The second-order valence-electron chi connectivity index (χ2n) is 6.17. The number of pyridine rings is 1. The number of methoxy groups -OCH3 is 1. The predicted molar refractivity (Wildman–Crippen MR) is 97.9 cm³/mol. The van der Waals surface area contributed by atoms with E-state index in [0.717, 1.165) is 6.07 Å². The second-order valence-corrected chi connectivity index (χ2v) is 6.60. The summed E-state index contributed by atoms with van der Waals surface area (Å²) in [5, 5.41) is 4.69. The van der Waals surface area contributed by atoms with Crippen LogP contribution in [-0.2, 0) is 15.1 Å². The number of rotatable bonds is 5. The topological polar surface area (TPSA) is 89.5 Å². The Bertz CT molecular complexity index is 937. The first-order chi connectivity index (χ1) is 13.6. The number of alkyl halides is 3. The molecule has 2 amide bonds. The van der Waals surface area contributed by atoms with Crippen molar-refractivity contribution in [3.8, 4) is 5.88 Å². The Labute approximate surface area is 168 Å². The lowest BCUT2D eigenvalue weighted by Gasteiger charge is -2.39. The standard InChI is InChI=1S/C18H15ClF3N3O4/c1-28-15-5-3-11(9-23-15)24-14(26)6-7-17(18(20,21)22)12-8-10(19)2-4-13(12)25-16(27)29-17/h2-5,8-9H,6-7H2,1H3,(H,24,26)(H,25,27). The van der Waals surface area contributed by atoms with Crippen LogP contribution in [0.3, 0.4) is 0 Å². The van der Waals surface area contributed by atoms with Gasteiger partial charge in [-0.25, -0.2) is 9.78 Å². The highest BCUT2D eigenvalue weighted by atomic mass is 35.5. The van der Waals surface area contributed by atoms with E-state index in [4.69, 9.17) is 21.1 Å². The summed E-state index contributed by atoms with van der Waals surface area (Å²) in [6.07, 6.45) is -6.35. The Kier molecular flexibility index (Phi) is 5.56. The maximum Gasteiger partial charge on any atom is 0.432 e. The summed E-state index contributed by atoms with van der Waals surface area (Å²) in [6, 6.07) is 6.63. The van der Waals surface area contributed by atoms with Crippen molar-refractivity contribution in [2.45, 2.75) is 24.6 Å². The molecular formula is C18H15ClF3N3O4. The van der Waals surface area contributed by atoms with Gasteiger partial charge in [0.15, 0.2) is 0 Å². The highest BCUT2D eigenvalue weighted by Gasteiger charge is 2.62. The third kappa shape index (κ3) is 4.21. The van der Waals surface area contributed by atoms with Gasteiger partial charge in [0, 0.05) is 29.5 Å². The molecule has 1 aromatic heterocycles. The molecule has 2 heterocycles. The molecule has 1 unspecified atom stereocenters. The molecule has 0 aliphatic carbocycles. The van der Waals surface area contributed by atoms with Gasteiger partial charge in [0.25, 0.3) is 0 Å². The SMILES string of the molecule is COc1ccc(NC(=O)CCC2(C(F)(F)F)OC(=O)Nc3ccc(Cl)cc32)cn1. The number of nitrogens with zero attached hydrogens (tertiary/aromatic N) is 1. The van der Waals surface area contributed by atoms with E-state index in [-0.39, 0.29) is 22.0 Å². The molecule has 11 heteroatoms. The monoisotopic (exact) mass is 429 g/mol. The van der Waals surface area contributed by atoms with Crippen molar-refractivity contribution < 1.29 is 32.2 Å². The Hall–Kier alpha value is -3.01. The summed E-state index contributed by atoms with van der Waals surface area (Å²) in [5.74, 6) is -0.395. The third-order valence-corrected chi connectivity index (χ3v) is 4.55. The van der Waals surface area contributed by atoms with Gasteiger partial charge in [-0.2, -0.15) is 13.2 Å². The number of carbonyl (C=O) groups is 2. The fourth-order valence-corrected chi connectivity index (χ4v) is 3.11. The van der Waals surface area contributed by atoms with Gasteiger partial charge in [-0.15, -0.1) is 0 Å². The first-order valence-electron chi connectivity index (χ1n) is 8.31. The van der Waals surface area contributed by atoms with Crippen molar-refractivity contribution in [3.05, 3.63) is 47.1 Å². The number of fused-ring (bicyclic) bond motifs is 1. The lowest BCUT2D eigenvalue weighted by atomic mass is 9.85. The predicted octanol–water partition coefficient (Wildman–Crippen LogP) is 4.48. The zero-order valence-electron chi connectivity index (χ0n) is 15.0. The molecule has 1 aromatic carbocycles. The van der Waals surface area contributed by atoms with Crippen LogP contribution in [0, 0.1) is 0 Å². The molecular weight excluding hydrogens is 415 g/mol. The number of cyclic esters (lactones) is 1. The molecule has 29 heavy (non-hydrogen) atoms. The van der Waals surface area contributed by atoms with Crippen LogP contribution in [0.1, 0.15) is 18.4 Å².